The Bertz CT molecular complexity index is 1160. The Hall–Kier alpha value is -3.88. The fourth-order valence-electron chi connectivity index (χ4n) is 2.86. The summed E-state index contributed by atoms with van der Waals surface area (Å²) in [6.07, 6.45) is 0. The summed E-state index contributed by atoms with van der Waals surface area (Å²) in [6.45, 7) is 0. The highest BCUT2D eigenvalue weighted by Crippen LogP contribution is 2.22. The molecular weight excluding hydrogens is 350 g/mol. The number of benzene rings is 4. The maximum Gasteiger partial charge on any atom is 0.123 e. The van der Waals surface area contributed by atoms with Gasteiger partial charge < -0.3 is 0 Å². The van der Waals surface area contributed by atoms with Crippen molar-refractivity contribution >= 4 is 10.8 Å². The third kappa shape index (κ3) is 3.93. The van der Waals surface area contributed by atoms with Crippen molar-refractivity contribution in [3.05, 3.63) is 119 Å². The molecule has 132 valence electrons. The van der Waals surface area contributed by atoms with Crippen LogP contribution in [-0.4, -0.2) is 0 Å². The molecule has 0 unspecified atom stereocenters. The van der Waals surface area contributed by atoms with Crippen molar-refractivity contribution in [2.24, 2.45) is 0 Å². The number of hydrogen-bond donors (Lipinski definition) is 0. The van der Waals surface area contributed by atoms with E-state index in [0.29, 0.717) is 0 Å². The van der Waals surface area contributed by atoms with Crippen LogP contribution in [0.15, 0.2) is 84.9 Å². The predicted octanol–water partition coefficient (Wildman–Crippen LogP) is 5.92. The molecule has 0 saturated carbocycles. The number of fused-ring (bicyclic) bond motifs is 1. The zero-order valence-corrected chi connectivity index (χ0v) is 14.8. The molecule has 0 aromatic heterocycles. The van der Waals surface area contributed by atoms with Gasteiger partial charge in [-0.1, -0.05) is 47.9 Å². The Morgan fingerprint density at radius 1 is 0.429 bits per heavy atom. The molecule has 0 bridgehead atoms. The maximum atomic E-state index is 13.0. The first-order chi connectivity index (χ1) is 13.7. The maximum absolute atomic E-state index is 13.0. The molecule has 0 heterocycles. The average Bonchev–Trinajstić information content (AvgIpc) is 2.73. The zero-order chi connectivity index (χ0) is 19.3. The number of halogens is 2. The first-order valence-electron chi connectivity index (χ1n) is 8.76. The Kier molecular flexibility index (Phi) is 4.87. The van der Waals surface area contributed by atoms with E-state index in [1.165, 1.54) is 24.3 Å². The topological polar surface area (TPSA) is 0 Å². The zero-order valence-electron chi connectivity index (χ0n) is 14.8. The van der Waals surface area contributed by atoms with E-state index in [1.54, 1.807) is 24.3 Å². The van der Waals surface area contributed by atoms with Crippen LogP contribution in [0.5, 0.6) is 0 Å². The summed E-state index contributed by atoms with van der Waals surface area (Å²) < 4.78 is 26.1. The van der Waals surface area contributed by atoms with Gasteiger partial charge in [0.05, 0.1) is 0 Å². The van der Waals surface area contributed by atoms with Gasteiger partial charge in [-0.25, -0.2) is 8.78 Å². The monoisotopic (exact) mass is 364 g/mol. The third-order valence-corrected chi connectivity index (χ3v) is 4.30. The van der Waals surface area contributed by atoms with Crippen molar-refractivity contribution in [2.75, 3.05) is 0 Å². The smallest absolute Gasteiger partial charge is 0.123 e. The first kappa shape index (κ1) is 17.5. The lowest BCUT2D eigenvalue weighted by molar-refractivity contribution is 0.627. The molecule has 0 fully saturated rings. The van der Waals surface area contributed by atoms with Gasteiger partial charge in [-0.05, 0) is 71.4 Å². The second-order valence-electron chi connectivity index (χ2n) is 6.22. The van der Waals surface area contributed by atoms with Crippen molar-refractivity contribution in [1.82, 2.24) is 0 Å². The average molecular weight is 364 g/mol. The molecule has 0 aliphatic rings. The summed E-state index contributed by atoms with van der Waals surface area (Å²) >= 11 is 0. The Balaban J connectivity index is 1.73. The third-order valence-electron chi connectivity index (χ3n) is 4.30. The summed E-state index contributed by atoms with van der Waals surface area (Å²) in [7, 11) is 0. The lowest BCUT2D eigenvalue weighted by atomic mass is 9.99. The van der Waals surface area contributed by atoms with E-state index in [0.717, 1.165) is 33.0 Å². The highest BCUT2D eigenvalue weighted by Gasteiger charge is 2.02. The molecule has 0 radical (unpaired) electrons. The largest absolute Gasteiger partial charge is 0.207 e. The van der Waals surface area contributed by atoms with Crippen LogP contribution >= 0.6 is 0 Å². The molecule has 0 spiro atoms. The van der Waals surface area contributed by atoms with Gasteiger partial charge in [-0.15, -0.1) is 0 Å². The lowest BCUT2D eigenvalue weighted by Gasteiger charge is -2.03. The molecule has 0 N–H and O–H groups in total. The molecule has 28 heavy (non-hydrogen) atoms. The van der Waals surface area contributed by atoms with Gasteiger partial charge in [0.1, 0.15) is 11.6 Å². The van der Waals surface area contributed by atoms with Crippen molar-refractivity contribution in [2.45, 2.75) is 0 Å². The Morgan fingerprint density at radius 2 is 0.821 bits per heavy atom. The Labute approximate surface area is 162 Å². The molecule has 0 saturated heterocycles. The minimum atomic E-state index is -0.278. The van der Waals surface area contributed by atoms with E-state index in [2.05, 4.69) is 23.7 Å². The molecule has 0 amide bonds. The number of hydrogen-bond acceptors (Lipinski definition) is 0. The quantitative estimate of drug-likeness (QED) is 0.340. The first-order valence-corrected chi connectivity index (χ1v) is 8.76. The predicted molar refractivity (Wildman–Crippen MR) is 109 cm³/mol. The van der Waals surface area contributed by atoms with E-state index in [-0.39, 0.29) is 11.6 Å². The summed E-state index contributed by atoms with van der Waals surface area (Å²) in [5.41, 5.74) is 3.27. The lowest BCUT2D eigenvalue weighted by Crippen LogP contribution is -1.85. The van der Waals surface area contributed by atoms with Crippen molar-refractivity contribution in [1.29, 1.82) is 0 Å². The normalized spacial score (nSPS) is 9.93. The second-order valence-corrected chi connectivity index (χ2v) is 6.22. The highest BCUT2D eigenvalue weighted by atomic mass is 19.1. The minimum absolute atomic E-state index is 0.278. The van der Waals surface area contributed by atoms with Gasteiger partial charge in [0, 0.05) is 22.3 Å². The summed E-state index contributed by atoms with van der Waals surface area (Å²) in [4.78, 5) is 0. The fourth-order valence-corrected chi connectivity index (χ4v) is 2.86. The van der Waals surface area contributed by atoms with E-state index in [1.807, 2.05) is 36.4 Å². The molecule has 4 aromatic rings. The SMILES string of the molecule is Fc1ccc(C#Cc2ccc(C#Cc3ccc(F)cc3)c3ccccc23)cc1. The van der Waals surface area contributed by atoms with Gasteiger partial charge in [0.25, 0.3) is 0 Å². The van der Waals surface area contributed by atoms with Crippen molar-refractivity contribution < 1.29 is 8.78 Å². The van der Waals surface area contributed by atoms with Crippen LogP contribution in [0.1, 0.15) is 22.3 Å². The summed E-state index contributed by atoms with van der Waals surface area (Å²) in [5, 5.41) is 2.01. The molecule has 0 atom stereocenters. The molecule has 4 aromatic carbocycles. The van der Waals surface area contributed by atoms with Crippen LogP contribution in [0.4, 0.5) is 8.78 Å². The van der Waals surface area contributed by atoms with Crippen LogP contribution in [0.2, 0.25) is 0 Å². The molecule has 2 heteroatoms. The standard InChI is InChI=1S/C26H14F2/c27-23-15-7-19(8-16-23)5-11-21-13-14-22(26-4-2-1-3-25(21)26)12-6-20-9-17-24(28)18-10-20/h1-4,7-10,13-18H. The van der Waals surface area contributed by atoms with Crippen LogP contribution in [0.3, 0.4) is 0 Å². The number of rotatable bonds is 0. The van der Waals surface area contributed by atoms with E-state index >= 15 is 0 Å². The van der Waals surface area contributed by atoms with Crippen molar-refractivity contribution in [3.8, 4) is 23.7 Å². The van der Waals surface area contributed by atoms with E-state index in [4.69, 9.17) is 0 Å². The van der Waals surface area contributed by atoms with Gasteiger partial charge in [0.2, 0.25) is 0 Å². The second kappa shape index (κ2) is 7.78. The van der Waals surface area contributed by atoms with E-state index in [9.17, 15) is 8.78 Å². The van der Waals surface area contributed by atoms with Gasteiger partial charge in [-0.3, -0.25) is 0 Å². The van der Waals surface area contributed by atoms with Gasteiger partial charge in [0.15, 0.2) is 0 Å². The van der Waals surface area contributed by atoms with Crippen LogP contribution in [-0.2, 0) is 0 Å². The van der Waals surface area contributed by atoms with E-state index < -0.39 is 0 Å². The molecule has 4 rings (SSSR count). The minimum Gasteiger partial charge on any atom is -0.207 e. The Morgan fingerprint density at radius 3 is 1.21 bits per heavy atom. The summed E-state index contributed by atoms with van der Waals surface area (Å²) in [6, 6.07) is 24.0. The van der Waals surface area contributed by atoms with Crippen LogP contribution in [0, 0.1) is 35.3 Å². The highest BCUT2D eigenvalue weighted by molar-refractivity contribution is 5.93. The molecule has 0 aliphatic heterocycles. The fraction of sp³-hybridized carbons (Fsp3) is 0. The van der Waals surface area contributed by atoms with Crippen LogP contribution in [0.25, 0.3) is 10.8 Å². The molecule has 0 aliphatic carbocycles. The van der Waals surface area contributed by atoms with Crippen LogP contribution < -0.4 is 0 Å². The molecular formula is C26H14F2. The van der Waals surface area contributed by atoms with Gasteiger partial charge in [-0.2, -0.15) is 0 Å². The van der Waals surface area contributed by atoms with Gasteiger partial charge >= 0.3 is 0 Å². The van der Waals surface area contributed by atoms with Crippen molar-refractivity contribution in [3.63, 3.8) is 0 Å². The summed E-state index contributed by atoms with van der Waals surface area (Å²) in [5.74, 6) is 11.9. The molecule has 0 nitrogen and oxygen atoms in total.